The molecule has 1 atom stereocenters. The summed E-state index contributed by atoms with van der Waals surface area (Å²) in [4.78, 5) is 29.2. The molecular weight excluding hydrogens is 476 g/mol. The predicted octanol–water partition coefficient (Wildman–Crippen LogP) is 5.59. The summed E-state index contributed by atoms with van der Waals surface area (Å²) in [6.07, 6.45) is 2.34. The van der Waals surface area contributed by atoms with Crippen LogP contribution in [0.4, 0.5) is 10.5 Å². The van der Waals surface area contributed by atoms with Gasteiger partial charge in [-0.15, -0.1) is 0 Å². The van der Waals surface area contributed by atoms with Crippen LogP contribution in [0.15, 0.2) is 72.0 Å². The van der Waals surface area contributed by atoms with E-state index >= 15 is 0 Å². The van der Waals surface area contributed by atoms with Gasteiger partial charge >= 0.3 is 5.24 Å². The molecule has 8 nitrogen and oxygen atoms in total. The molecule has 1 N–H and O–H groups in total. The van der Waals surface area contributed by atoms with Gasteiger partial charge in [0.15, 0.2) is 11.5 Å². The van der Waals surface area contributed by atoms with Crippen molar-refractivity contribution in [2.24, 2.45) is 5.10 Å². The fraction of sp³-hybridized carbons (Fsp3) is 0.259. The fourth-order valence-electron chi connectivity index (χ4n) is 3.76. The van der Waals surface area contributed by atoms with Crippen LogP contribution in [0.2, 0.25) is 0 Å². The van der Waals surface area contributed by atoms with Gasteiger partial charge in [0.25, 0.3) is 5.91 Å². The number of anilines is 1. The van der Waals surface area contributed by atoms with Gasteiger partial charge in [-0.2, -0.15) is 5.10 Å². The van der Waals surface area contributed by atoms with Gasteiger partial charge in [0, 0.05) is 17.4 Å². The Morgan fingerprint density at radius 3 is 2.56 bits per heavy atom. The number of pyridine rings is 1. The second-order valence-electron chi connectivity index (χ2n) is 7.99. The molecular formula is C27H28N4O4S. The van der Waals surface area contributed by atoms with E-state index in [2.05, 4.69) is 10.3 Å². The number of amides is 2. The Morgan fingerprint density at radius 1 is 1.08 bits per heavy atom. The molecule has 186 valence electrons. The number of carbonyl (C=O) groups is 2. The monoisotopic (exact) mass is 504 g/mol. The Bertz CT molecular complexity index is 1250. The molecule has 2 heterocycles. The zero-order valence-corrected chi connectivity index (χ0v) is 21.2. The summed E-state index contributed by atoms with van der Waals surface area (Å²) in [6, 6.07) is 18.2. The largest absolute Gasteiger partial charge is 0.493 e. The van der Waals surface area contributed by atoms with E-state index in [4.69, 9.17) is 14.6 Å². The van der Waals surface area contributed by atoms with Crippen LogP contribution in [0.3, 0.4) is 0 Å². The van der Waals surface area contributed by atoms with E-state index in [1.165, 1.54) is 16.8 Å². The third-order valence-corrected chi connectivity index (χ3v) is 6.81. The van der Waals surface area contributed by atoms with Crippen LogP contribution in [0.5, 0.6) is 11.5 Å². The first-order valence-corrected chi connectivity index (χ1v) is 12.6. The van der Waals surface area contributed by atoms with Crippen LogP contribution in [0.1, 0.15) is 41.9 Å². The number of ether oxygens (including phenoxy) is 2. The summed E-state index contributed by atoms with van der Waals surface area (Å²) in [6.45, 7) is 4.79. The zero-order chi connectivity index (χ0) is 25.5. The summed E-state index contributed by atoms with van der Waals surface area (Å²) in [5.74, 6) is 1.02. The van der Waals surface area contributed by atoms with Gasteiger partial charge in [0.2, 0.25) is 0 Å². The standard InChI is InChI=1S/C27H28N4O4S/c1-4-24-25(19-11-14-22(34-3)23(16-19)35-5-2)30-31(27(33)36-24)17-18-9-12-20(13-10-18)29-26(32)21-8-6-7-15-28-21/h6-16,24H,4-5,17H2,1-3H3,(H,29,32). The molecule has 0 saturated heterocycles. The Labute approximate surface area is 214 Å². The van der Waals surface area contributed by atoms with Gasteiger partial charge in [0.05, 0.1) is 31.2 Å². The summed E-state index contributed by atoms with van der Waals surface area (Å²) >= 11 is 1.28. The van der Waals surface area contributed by atoms with Gasteiger partial charge in [-0.05, 0) is 61.4 Å². The van der Waals surface area contributed by atoms with E-state index in [9.17, 15) is 9.59 Å². The molecule has 4 rings (SSSR count). The maximum Gasteiger partial charge on any atom is 0.302 e. The van der Waals surface area contributed by atoms with Gasteiger partial charge in [-0.1, -0.05) is 36.9 Å². The lowest BCUT2D eigenvalue weighted by molar-refractivity contribution is 0.102. The maximum atomic E-state index is 12.9. The third-order valence-electron chi connectivity index (χ3n) is 5.56. The van der Waals surface area contributed by atoms with Crippen molar-refractivity contribution < 1.29 is 19.1 Å². The number of thioether (sulfide) groups is 1. The molecule has 0 spiro atoms. The van der Waals surface area contributed by atoms with Crippen molar-refractivity contribution >= 4 is 34.3 Å². The second-order valence-corrected chi connectivity index (χ2v) is 9.14. The third kappa shape index (κ3) is 5.85. The normalized spacial score (nSPS) is 15.3. The van der Waals surface area contributed by atoms with E-state index in [-0.39, 0.29) is 16.4 Å². The van der Waals surface area contributed by atoms with Gasteiger partial charge < -0.3 is 14.8 Å². The lowest BCUT2D eigenvalue weighted by atomic mass is 10.0. The van der Waals surface area contributed by atoms with Crippen molar-refractivity contribution in [2.75, 3.05) is 19.0 Å². The first-order valence-electron chi connectivity index (χ1n) is 11.7. The van der Waals surface area contributed by atoms with Crippen molar-refractivity contribution in [3.05, 3.63) is 83.7 Å². The molecule has 3 aromatic rings. The molecule has 2 aromatic carbocycles. The Kier molecular flexibility index (Phi) is 8.22. The van der Waals surface area contributed by atoms with Gasteiger partial charge in [0.1, 0.15) is 5.69 Å². The summed E-state index contributed by atoms with van der Waals surface area (Å²) in [5, 5.41) is 8.91. The maximum absolute atomic E-state index is 12.9. The number of rotatable bonds is 9. The first-order chi connectivity index (χ1) is 17.5. The molecule has 0 bridgehead atoms. The molecule has 9 heteroatoms. The van der Waals surface area contributed by atoms with Crippen molar-refractivity contribution in [2.45, 2.75) is 32.1 Å². The summed E-state index contributed by atoms with van der Waals surface area (Å²) in [7, 11) is 1.61. The highest BCUT2D eigenvalue weighted by Crippen LogP contribution is 2.34. The van der Waals surface area contributed by atoms with E-state index < -0.39 is 0 Å². The molecule has 0 aliphatic carbocycles. The average Bonchev–Trinajstić information content (AvgIpc) is 2.91. The van der Waals surface area contributed by atoms with Crippen LogP contribution in [-0.4, -0.2) is 45.8 Å². The molecule has 2 amide bonds. The fourth-order valence-corrected chi connectivity index (χ4v) is 4.69. The van der Waals surface area contributed by atoms with Crippen molar-refractivity contribution in [3.8, 4) is 11.5 Å². The molecule has 1 aromatic heterocycles. The molecule has 36 heavy (non-hydrogen) atoms. The van der Waals surface area contributed by atoms with E-state index in [0.29, 0.717) is 36.0 Å². The van der Waals surface area contributed by atoms with Crippen LogP contribution < -0.4 is 14.8 Å². The minimum atomic E-state index is -0.281. The topological polar surface area (TPSA) is 93.1 Å². The Hall–Kier alpha value is -3.85. The summed E-state index contributed by atoms with van der Waals surface area (Å²) in [5.41, 5.74) is 3.60. The van der Waals surface area contributed by atoms with Gasteiger partial charge in [-0.25, -0.2) is 5.01 Å². The average molecular weight is 505 g/mol. The molecule has 1 unspecified atom stereocenters. The zero-order valence-electron chi connectivity index (χ0n) is 20.4. The van der Waals surface area contributed by atoms with E-state index in [0.717, 1.165) is 23.3 Å². The summed E-state index contributed by atoms with van der Waals surface area (Å²) < 4.78 is 11.1. The van der Waals surface area contributed by atoms with E-state index in [1.807, 2.05) is 44.2 Å². The number of hydrazone groups is 1. The van der Waals surface area contributed by atoms with E-state index in [1.54, 1.807) is 43.6 Å². The molecule has 1 aliphatic rings. The smallest absolute Gasteiger partial charge is 0.302 e. The van der Waals surface area contributed by atoms with Crippen LogP contribution >= 0.6 is 11.8 Å². The number of hydrogen-bond acceptors (Lipinski definition) is 7. The highest BCUT2D eigenvalue weighted by Gasteiger charge is 2.30. The number of nitrogens with one attached hydrogen (secondary N) is 1. The number of methoxy groups -OCH3 is 1. The van der Waals surface area contributed by atoms with Crippen LogP contribution in [-0.2, 0) is 6.54 Å². The number of benzene rings is 2. The number of nitrogens with zero attached hydrogens (tertiary/aromatic N) is 3. The van der Waals surface area contributed by atoms with Crippen molar-refractivity contribution in [1.82, 2.24) is 9.99 Å². The highest BCUT2D eigenvalue weighted by molar-refractivity contribution is 8.14. The lowest BCUT2D eigenvalue weighted by Gasteiger charge is -2.28. The minimum Gasteiger partial charge on any atom is -0.493 e. The second kappa shape index (κ2) is 11.7. The highest BCUT2D eigenvalue weighted by atomic mass is 32.2. The quantitative estimate of drug-likeness (QED) is 0.408. The number of aromatic nitrogens is 1. The molecule has 0 fully saturated rings. The Morgan fingerprint density at radius 2 is 1.89 bits per heavy atom. The molecule has 0 radical (unpaired) electrons. The van der Waals surface area contributed by atoms with Gasteiger partial charge in [-0.3, -0.25) is 14.6 Å². The SMILES string of the molecule is CCOc1cc(C2=NN(Cc3ccc(NC(=O)c4ccccn4)cc3)C(=O)SC2CC)ccc1OC. The lowest BCUT2D eigenvalue weighted by Crippen LogP contribution is -2.34. The number of carbonyl (C=O) groups excluding carboxylic acids is 2. The first kappa shape index (κ1) is 25.2. The van der Waals surface area contributed by atoms with Crippen LogP contribution in [0, 0.1) is 0 Å². The van der Waals surface area contributed by atoms with Crippen LogP contribution in [0.25, 0.3) is 0 Å². The molecule has 0 saturated carbocycles. The predicted molar refractivity (Wildman–Crippen MR) is 142 cm³/mol. The molecule has 1 aliphatic heterocycles. The number of hydrogen-bond donors (Lipinski definition) is 1. The van der Waals surface area contributed by atoms with Crippen molar-refractivity contribution in [3.63, 3.8) is 0 Å². The minimum absolute atomic E-state index is 0.0548. The Balaban J connectivity index is 1.52. The van der Waals surface area contributed by atoms with Crippen molar-refractivity contribution in [1.29, 1.82) is 0 Å².